The summed E-state index contributed by atoms with van der Waals surface area (Å²) in [6.07, 6.45) is -3.63. The van der Waals surface area contributed by atoms with Gasteiger partial charge >= 0.3 is 6.18 Å². The molecule has 1 nitrogen and oxygen atoms in total. The van der Waals surface area contributed by atoms with Crippen LogP contribution in [0, 0.1) is 0 Å². The van der Waals surface area contributed by atoms with Gasteiger partial charge in [-0.25, -0.2) is 0 Å². The van der Waals surface area contributed by atoms with Gasteiger partial charge in [0.2, 0.25) is 0 Å². The van der Waals surface area contributed by atoms with Crippen LogP contribution in [0.2, 0.25) is 0 Å². The van der Waals surface area contributed by atoms with Crippen molar-refractivity contribution in [3.8, 4) is 11.1 Å². The molecular formula is C17H13F3O. The molecule has 3 rings (SSSR count). The highest BCUT2D eigenvalue weighted by Crippen LogP contribution is 2.37. The predicted molar refractivity (Wildman–Crippen MR) is 76.0 cm³/mol. The van der Waals surface area contributed by atoms with Crippen molar-refractivity contribution in [1.82, 2.24) is 0 Å². The van der Waals surface area contributed by atoms with Gasteiger partial charge in [0.1, 0.15) is 11.3 Å². The number of hydrogen-bond donors (Lipinski definition) is 0. The molecule has 0 atom stereocenters. The second-order valence-electron chi connectivity index (χ2n) is 4.83. The zero-order valence-corrected chi connectivity index (χ0v) is 11.4. The minimum absolute atomic E-state index is 0.642. The number of halogens is 3. The zero-order chi connectivity index (χ0) is 15.0. The maximum atomic E-state index is 12.6. The van der Waals surface area contributed by atoms with Crippen LogP contribution in [0.4, 0.5) is 13.2 Å². The fraction of sp³-hybridized carbons (Fsp3) is 0.176. The zero-order valence-electron chi connectivity index (χ0n) is 11.4. The van der Waals surface area contributed by atoms with E-state index in [1.165, 1.54) is 12.1 Å². The molecule has 0 aliphatic heterocycles. The maximum absolute atomic E-state index is 12.6. The van der Waals surface area contributed by atoms with Gasteiger partial charge in [0.25, 0.3) is 0 Å². The SMILES string of the molecule is CCc1oc2ccccc2c1-c1ccc(C(F)(F)F)cc1. The molecule has 0 N–H and O–H groups in total. The number of furan rings is 1. The Hall–Kier alpha value is -2.23. The van der Waals surface area contributed by atoms with Crippen molar-refractivity contribution in [1.29, 1.82) is 0 Å². The molecule has 0 spiro atoms. The molecule has 0 amide bonds. The van der Waals surface area contributed by atoms with Gasteiger partial charge in [-0.3, -0.25) is 0 Å². The maximum Gasteiger partial charge on any atom is 0.416 e. The molecule has 108 valence electrons. The van der Waals surface area contributed by atoms with Crippen LogP contribution in [0.3, 0.4) is 0 Å². The number of alkyl halides is 3. The molecule has 0 aliphatic rings. The summed E-state index contributed by atoms with van der Waals surface area (Å²) < 4.78 is 43.7. The summed E-state index contributed by atoms with van der Waals surface area (Å²) in [6.45, 7) is 1.96. The smallest absolute Gasteiger partial charge is 0.416 e. The summed E-state index contributed by atoms with van der Waals surface area (Å²) in [7, 11) is 0. The van der Waals surface area contributed by atoms with Crippen LogP contribution in [0.25, 0.3) is 22.1 Å². The third-order valence-electron chi connectivity index (χ3n) is 3.49. The van der Waals surface area contributed by atoms with Gasteiger partial charge in [-0.05, 0) is 23.8 Å². The minimum Gasteiger partial charge on any atom is -0.460 e. The largest absolute Gasteiger partial charge is 0.460 e. The normalized spacial score (nSPS) is 12.0. The summed E-state index contributed by atoms with van der Waals surface area (Å²) in [5, 5.41) is 0.925. The van der Waals surface area contributed by atoms with E-state index in [9.17, 15) is 13.2 Å². The second-order valence-corrected chi connectivity index (χ2v) is 4.83. The van der Waals surface area contributed by atoms with Gasteiger partial charge < -0.3 is 4.42 Å². The van der Waals surface area contributed by atoms with Crippen molar-refractivity contribution in [2.45, 2.75) is 19.5 Å². The van der Waals surface area contributed by atoms with Crippen molar-refractivity contribution in [2.24, 2.45) is 0 Å². The average Bonchev–Trinajstić information content (AvgIpc) is 2.85. The molecule has 0 saturated carbocycles. The van der Waals surface area contributed by atoms with E-state index in [1.54, 1.807) is 0 Å². The molecule has 4 heteroatoms. The highest BCUT2D eigenvalue weighted by atomic mass is 19.4. The minimum atomic E-state index is -4.31. The van der Waals surface area contributed by atoms with E-state index in [0.29, 0.717) is 6.42 Å². The molecule has 0 fully saturated rings. The van der Waals surface area contributed by atoms with E-state index >= 15 is 0 Å². The van der Waals surface area contributed by atoms with Gasteiger partial charge in [-0.1, -0.05) is 37.3 Å². The molecule has 0 saturated heterocycles. The Morgan fingerprint density at radius 3 is 2.24 bits per heavy atom. The fourth-order valence-electron chi connectivity index (χ4n) is 2.49. The number of benzene rings is 2. The Labute approximate surface area is 120 Å². The summed E-state index contributed by atoms with van der Waals surface area (Å²) in [6, 6.07) is 12.8. The number of para-hydroxylation sites is 1. The molecule has 21 heavy (non-hydrogen) atoms. The van der Waals surface area contributed by atoms with Gasteiger partial charge in [0, 0.05) is 17.4 Å². The third-order valence-corrected chi connectivity index (χ3v) is 3.49. The Balaban J connectivity index is 2.16. The highest BCUT2D eigenvalue weighted by Gasteiger charge is 2.30. The van der Waals surface area contributed by atoms with Crippen LogP contribution in [0.15, 0.2) is 52.9 Å². The average molecular weight is 290 g/mol. The first kappa shape index (κ1) is 13.7. The third kappa shape index (κ3) is 2.42. The predicted octanol–water partition coefficient (Wildman–Crippen LogP) is 5.68. The van der Waals surface area contributed by atoms with E-state index in [2.05, 4.69) is 0 Å². The molecule has 3 aromatic rings. The lowest BCUT2D eigenvalue weighted by Crippen LogP contribution is -2.04. The number of aryl methyl sites for hydroxylation is 1. The van der Waals surface area contributed by atoms with E-state index in [-0.39, 0.29) is 0 Å². The van der Waals surface area contributed by atoms with E-state index in [0.717, 1.165) is 40.0 Å². The number of hydrogen-bond acceptors (Lipinski definition) is 1. The van der Waals surface area contributed by atoms with Crippen molar-refractivity contribution < 1.29 is 17.6 Å². The standard InChI is InChI=1S/C17H13F3O/c1-2-14-16(13-5-3-4-6-15(13)21-14)11-7-9-12(10-8-11)17(18,19)20/h3-10H,2H2,1H3. The van der Waals surface area contributed by atoms with Crippen molar-refractivity contribution in [3.05, 3.63) is 59.9 Å². The monoisotopic (exact) mass is 290 g/mol. The lowest BCUT2D eigenvalue weighted by molar-refractivity contribution is -0.137. The molecule has 0 aliphatic carbocycles. The Morgan fingerprint density at radius 1 is 0.952 bits per heavy atom. The van der Waals surface area contributed by atoms with Crippen LogP contribution in [-0.4, -0.2) is 0 Å². The molecule has 0 unspecified atom stereocenters. The molecule has 2 aromatic carbocycles. The van der Waals surface area contributed by atoms with Crippen LogP contribution in [-0.2, 0) is 12.6 Å². The molecule has 1 aromatic heterocycles. The van der Waals surface area contributed by atoms with Gasteiger partial charge in [0.15, 0.2) is 0 Å². The van der Waals surface area contributed by atoms with Gasteiger partial charge in [0.05, 0.1) is 5.56 Å². The number of fused-ring (bicyclic) bond motifs is 1. The van der Waals surface area contributed by atoms with Crippen LogP contribution < -0.4 is 0 Å². The lowest BCUT2D eigenvalue weighted by Gasteiger charge is -2.08. The Morgan fingerprint density at radius 2 is 1.62 bits per heavy atom. The van der Waals surface area contributed by atoms with E-state index in [4.69, 9.17) is 4.42 Å². The first-order valence-electron chi connectivity index (χ1n) is 6.68. The van der Waals surface area contributed by atoms with Crippen molar-refractivity contribution in [3.63, 3.8) is 0 Å². The number of rotatable bonds is 2. The van der Waals surface area contributed by atoms with E-state index in [1.807, 2.05) is 31.2 Å². The van der Waals surface area contributed by atoms with Crippen LogP contribution in [0.1, 0.15) is 18.2 Å². The van der Waals surface area contributed by atoms with Crippen molar-refractivity contribution >= 4 is 11.0 Å². The molecular weight excluding hydrogens is 277 g/mol. The molecule has 0 radical (unpaired) electrons. The van der Waals surface area contributed by atoms with Gasteiger partial charge in [-0.2, -0.15) is 13.2 Å². The van der Waals surface area contributed by atoms with Crippen molar-refractivity contribution in [2.75, 3.05) is 0 Å². The fourth-order valence-corrected chi connectivity index (χ4v) is 2.49. The van der Waals surface area contributed by atoms with E-state index < -0.39 is 11.7 Å². The summed E-state index contributed by atoms with van der Waals surface area (Å²) in [4.78, 5) is 0. The quantitative estimate of drug-likeness (QED) is 0.591. The Bertz CT molecular complexity index is 767. The lowest BCUT2D eigenvalue weighted by atomic mass is 9.99. The molecule has 1 heterocycles. The second kappa shape index (κ2) is 4.95. The van der Waals surface area contributed by atoms with Gasteiger partial charge in [-0.15, -0.1) is 0 Å². The van der Waals surface area contributed by atoms with Crippen LogP contribution >= 0.6 is 0 Å². The highest BCUT2D eigenvalue weighted by molar-refractivity contribution is 5.95. The first-order valence-corrected chi connectivity index (χ1v) is 6.68. The topological polar surface area (TPSA) is 13.1 Å². The molecule has 0 bridgehead atoms. The summed E-state index contributed by atoms with van der Waals surface area (Å²) in [5.41, 5.74) is 1.73. The Kier molecular flexibility index (Phi) is 3.24. The van der Waals surface area contributed by atoms with Crippen LogP contribution in [0.5, 0.6) is 0 Å². The first-order chi connectivity index (χ1) is 10.0. The summed E-state index contributed by atoms with van der Waals surface area (Å²) in [5.74, 6) is 0.788. The summed E-state index contributed by atoms with van der Waals surface area (Å²) >= 11 is 0.